The van der Waals surface area contributed by atoms with E-state index in [1.807, 2.05) is 32.6 Å². The highest BCUT2D eigenvalue weighted by molar-refractivity contribution is 5.74. The van der Waals surface area contributed by atoms with Gasteiger partial charge >= 0.3 is 11.9 Å². The zero-order chi connectivity index (χ0) is 21.8. The summed E-state index contributed by atoms with van der Waals surface area (Å²) in [5, 5.41) is 14.6. The van der Waals surface area contributed by atoms with Crippen LogP contribution in [0.4, 0.5) is 36.2 Å². The van der Waals surface area contributed by atoms with Crippen LogP contribution in [0.25, 0.3) is 0 Å². The molecule has 0 amide bonds. The lowest BCUT2D eigenvalue weighted by atomic mass is 10.1. The van der Waals surface area contributed by atoms with Gasteiger partial charge in [0.1, 0.15) is 6.33 Å². The Labute approximate surface area is 167 Å². The molecule has 0 unspecified atom stereocenters. The molecule has 10 heteroatoms. The maximum absolute atomic E-state index is 12.7. The second-order valence-corrected chi connectivity index (χ2v) is 7.54. The predicted octanol–water partition coefficient (Wildman–Crippen LogP) is 5.27. The Morgan fingerprint density at radius 2 is 1.62 bits per heavy atom. The second kappa shape index (κ2) is 9.06. The SMILES string of the molecule is CC(C)CN(CC(C)C)c1ncnc(Nc2ccc(C(F)(F)F)cc2)c1[N+](=O)[O-]. The van der Waals surface area contributed by atoms with Crippen LogP contribution < -0.4 is 10.2 Å². The van der Waals surface area contributed by atoms with Crippen molar-refractivity contribution < 1.29 is 18.1 Å². The van der Waals surface area contributed by atoms with E-state index in [1.165, 1.54) is 18.5 Å². The molecule has 1 heterocycles. The number of halogens is 3. The van der Waals surface area contributed by atoms with Gasteiger partial charge in [-0.2, -0.15) is 13.2 Å². The minimum atomic E-state index is -4.46. The van der Waals surface area contributed by atoms with Gasteiger partial charge in [0, 0.05) is 18.8 Å². The van der Waals surface area contributed by atoms with Crippen LogP contribution >= 0.6 is 0 Å². The molecular formula is C19H24F3N5O2. The highest BCUT2D eigenvalue weighted by Crippen LogP contribution is 2.35. The highest BCUT2D eigenvalue weighted by atomic mass is 19.4. The van der Waals surface area contributed by atoms with Crippen molar-refractivity contribution in [2.24, 2.45) is 11.8 Å². The minimum Gasteiger partial charge on any atom is -0.350 e. The molecule has 0 aliphatic rings. The van der Waals surface area contributed by atoms with Crippen molar-refractivity contribution in [3.8, 4) is 0 Å². The zero-order valence-electron chi connectivity index (χ0n) is 16.7. The van der Waals surface area contributed by atoms with Gasteiger partial charge in [0.05, 0.1) is 10.5 Å². The molecule has 7 nitrogen and oxygen atoms in total. The van der Waals surface area contributed by atoms with E-state index in [1.54, 1.807) is 0 Å². The first kappa shape index (κ1) is 22.4. The molecule has 1 N–H and O–H groups in total. The van der Waals surface area contributed by atoms with Crippen LogP contribution in [0.15, 0.2) is 30.6 Å². The first-order chi connectivity index (χ1) is 13.5. The van der Waals surface area contributed by atoms with E-state index in [4.69, 9.17) is 0 Å². The first-order valence-corrected chi connectivity index (χ1v) is 9.17. The monoisotopic (exact) mass is 411 g/mol. The van der Waals surface area contributed by atoms with Crippen molar-refractivity contribution in [1.29, 1.82) is 0 Å². The van der Waals surface area contributed by atoms with Crippen LogP contribution in [0.1, 0.15) is 33.3 Å². The molecule has 2 aromatic rings. The van der Waals surface area contributed by atoms with Crippen molar-refractivity contribution in [3.05, 3.63) is 46.3 Å². The van der Waals surface area contributed by atoms with Crippen molar-refractivity contribution in [2.45, 2.75) is 33.9 Å². The summed E-state index contributed by atoms with van der Waals surface area (Å²) in [6, 6.07) is 4.21. The molecule has 1 aromatic carbocycles. The van der Waals surface area contributed by atoms with Gasteiger partial charge < -0.3 is 10.2 Å². The summed E-state index contributed by atoms with van der Waals surface area (Å²) in [5.41, 5.74) is -0.861. The third-order valence-electron chi connectivity index (χ3n) is 3.93. The Hall–Kier alpha value is -2.91. The number of rotatable bonds is 8. The van der Waals surface area contributed by atoms with Crippen molar-refractivity contribution in [3.63, 3.8) is 0 Å². The van der Waals surface area contributed by atoms with E-state index in [0.29, 0.717) is 13.1 Å². The molecule has 0 radical (unpaired) electrons. The van der Waals surface area contributed by atoms with Gasteiger partial charge in [-0.05, 0) is 36.1 Å². The van der Waals surface area contributed by atoms with Gasteiger partial charge in [0.2, 0.25) is 11.6 Å². The van der Waals surface area contributed by atoms with E-state index in [-0.39, 0.29) is 34.8 Å². The molecule has 2 rings (SSSR count). The Bertz CT molecular complexity index is 829. The average Bonchev–Trinajstić information content (AvgIpc) is 2.59. The summed E-state index contributed by atoms with van der Waals surface area (Å²) in [6.07, 6.45) is -3.25. The molecule has 29 heavy (non-hydrogen) atoms. The first-order valence-electron chi connectivity index (χ1n) is 9.17. The summed E-state index contributed by atoms with van der Waals surface area (Å²) in [4.78, 5) is 21.2. The van der Waals surface area contributed by atoms with Crippen LogP contribution in [0.2, 0.25) is 0 Å². The molecule has 1 aromatic heterocycles. The van der Waals surface area contributed by atoms with Crippen LogP contribution in [0.5, 0.6) is 0 Å². The normalized spacial score (nSPS) is 11.8. The molecule has 0 atom stereocenters. The van der Waals surface area contributed by atoms with Crippen LogP contribution in [0.3, 0.4) is 0 Å². The second-order valence-electron chi connectivity index (χ2n) is 7.54. The van der Waals surface area contributed by atoms with Crippen LogP contribution in [-0.2, 0) is 6.18 Å². The van der Waals surface area contributed by atoms with E-state index in [2.05, 4.69) is 15.3 Å². The number of hydrogen-bond donors (Lipinski definition) is 1. The maximum Gasteiger partial charge on any atom is 0.416 e. The molecule has 0 bridgehead atoms. The smallest absolute Gasteiger partial charge is 0.350 e. The van der Waals surface area contributed by atoms with Crippen LogP contribution in [0, 0.1) is 22.0 Å². The Kier molecular flexibility index (Phi) is 6.99. The Balaban J connectivity index is 2.42. The number of alkyl halides is 3. The van der Waals surface area contributed by atoms with Gasteiger partial charge in [0.25, 0.3) is 0 Å². The Morgan fingerprint density at radius 1 is 1.07 bits per heavy atom. The number of hydrogen-bond acceptors (Lipinski definition) is 6. The standard InChI is InChI=1S/C19H24F3N5O2/c1-12(2)9-26(10-13(3)4)18-16(27(28)29)17(23-11-24-18)25-15-7-5-14(6-8-15)19(20,21)22/h5-8,11-13H,9-10H2,1-4H3,(H,23,24,25). The summed E-state index contributed by atoms with van der Waals surface area (Å²) in [7, 11) is 0. The summed E-state index contributed by atoms with van der Waals surface area (Å²) in [6.45, 7) is 9.14. The summed E-state index contributed by atoms with van der Waals surface area (Å²) < 4.78 is 38.2. The fraction of sp³-hybridized carbons (Fsp3) is 0.474. The molecular weight excluding hydrogens is 387 g/mol. The van der Waals surface area contributed by atoms with Gasteiger partial charge in [-0.3, -0.25) is 10.1 Å². The van der Waals surface area contributed by atoms with E-state index in [9.17, 15) is 23.3 Å². The van der Waals surface area contributed by atoms with Gasteiger partial charge in [-0.1, -0.05) is 27.7 Å². The molecule has 0 saturated heterocycles. The topological polar surface area (TPSA) is 84.2 Å². The quantitative estimate of drug-likeness (QED) is 0.471. The van der Waals surface area contributed by atoms with E-state index >= 15 is 0 Å². The van der Waals surface area contributed by atoms with Crippen molar-refractivity contribution >= 4 is 23.0 Å². The summed E-state index contributed by atoms with van der Waals surface area (Å²) in [5.74, 6) is 0.600. The zero-order valence-corrected chi connectivity index (χ0v) is 16.7. The van der Waals surface area contributed by atoms with Crippen LogP contribution in [-0.4, -0.2) is 28.0 Å². The third kappa shape index (κ3) is 6.03. The Morgan fingerprint density at radius 3 is 2.07 bits per heavy atom. The lowest BCUT2D eigenvalue weighted by Gasteiger charge is -2.27. The molecule has 0 fully saturated rings. The van der Waals surface area contributed by atoms with Gasteiger partial charge in [-0.15, -0.1) is 0 Å². The third-order valence-corrected chi connectivity index (χ3v) is 3.93. The molecule has 0 aliphatic heterocycles. The summed E-state index contributed by atoms with van der Waals surface area (Å²) >= 11 is 0. The van der Waals surface area contributed by atoms with Crippen molar-refractivity contribution in [2.75, 3.05) is 23.3 Å². The molecule has 0 spiro atoms. The lowest BCUT2D eigenvalue weighted by Crippen LogP contribution is -2.32. The van der Waals surface area contributed by atoms with E-state index in [0.717, 1.165) is 12.1 Å². The molecule has 0 aliphatic carbocycles. The van der Waals surface area contributed by atoms with Gasteiger partial charge in [0.15, 0.2) is 0 Å². The maximum atomic E-state index is 12.7. The number of anilines is 3. The fourth-order valence-electron chi connectivity index (χ4n) is 2.87. The minimum absolute atomic E-state index is 0.0720. The number of nitrogens with one attached hydrogen (secondary N) is 1. The number of aromatic nitrogens is 2. The highest BCUT2D eigenvalue weighted by Gasteiger charge is 2.31. The van der Waals surface area contributed by atoms with Gasteiger partial charge in [-0.25, -0.2) is 9.97 Å². The van der Waals surface area contributed by atoms with E-state index < -0.39 is 16.7 Å². The molecule has 158 valence electrons. The predicted molar refractivity (Wildman–Crippen MR) is 105 cm³/mol. The number of nitro groups is 1. The van der Waals surface area contributed by atoms with Crippen molar-refractivity contribution in [1.82, 2.24) is 9.97 Å². The number of benzene rings is 1. The average molecular weight is 411 g/mol. The fourth-order valence-corrected chi connectivity index (χ4v) is 2.87. The largest absolute Gasteiger partial charge is 0.416 e. The number of nitrogens with zero attached hydrogens (tertiary/aromatic N) is 4. The molecule has 0 saturated carbocycles. The lowest BCUT2D eigenvalue weighted by molar-refractivity contribution is -0.383.